The van der Waals surface area contributed by atoms with Crippen LogP contribution in [0.4, 0.5) is 0 Å². The maximum atomic E-state index is 12.0. The van der Waals surface area contributed by atoms with Crippen molar-refractivity contribution in [3.05, 3.63) is 27.7 Å². The van der Waals surface area contributed by atoms with Crippen LogP contribution in [-0.4, -0.2) is 30.5 Å². The van der Waals surface area contributed by atoms with Gasteiger partial charge in [-0.25, -0.2) is 0 Å². The van der Waals surface area contributed by atoms with Crippen molar-refractivity contribution < 1.29 is 9.53 Å². The Balaban J connectivity index is 1.82. The number of rotatable bonds is 3. The van der Waals surface area contributed by atoms with Crippen LogP contribution in [0.15, 0.2) is 16.6 Å². The molecule has 1 fully saturated rings. The minimum absolute atomic E-state index is 0.196. The van der Waals surface area contributed by atoms with E-state index in [2.05, 4.69) is 22.0 Å². The van der Waals surface area contributed by atoms with Gasteiger partial charge in [-0.15, -0.1) is 0 Å². The first-order valence-corrected chi connectivity index (χ1v) is 7.38. The monoisotopic (exact) mass is 324 g/mol. The first-order chi connectivity index (χ1) is 9.17. The highest BCUT2D eigenvalue weighted by molar-refractivity contribution is 9.10. The largest absolute Gasteiger partial charge is 0.493 e. The smallest absolute Gasteiger partial charge is 0.223 e. The zero-order valence-corrected chi connectivity index (χ0v) is 12.3. The Bertz CT molecular complexity index is 518. The molecule has 1 aromatic carbocycles. The molecule has 0 spiro atoms. The topological polar surface area (TPSA) is 55.6 Å². The highest BCUT2D eigenvalue weighted by Crippen LogP contribution is 2.34. The van der Waals surface area contributed by atoms with Crippen LogP contribution in [-0.2, 0) is 17.8 Å². The van der Waals surface area contributed by atoms with E-state index in [1.807, 2.05) is 11.0 Å². The van der Waals surface area contributed by atoms with Gasteiger partial charge in [0.05, 0.1) is 6.61 Å². The van der Waals surface area contributed by atoms with Crippen molar-refractivity contribution in [1.29, 1.82) is 0 Å². The number of hydrogen-bond acceptors (Lipinski definition) is 3. The molecule has 0 bridgehead atoms. The van der Waals surface area contributed by atoms with Crippen molar-refractivity contribution in [2.75, 3.05) is 19.7 Å². The lowest BCUT2D eigenvalue weighted by atomic mass is 10.1. The fourth-order valence-electron chi connectivity index (χ4n) is 2.83. The van der Waals surface area contributed by atoms with Gasteiger partial charge in [-0.3, -0.25) is 4.79 Å². The second-order valence-corrected chi connectivity index (χ2v) is 6.15. The van der Waals surface area contributed by atoms with Crippen LogP contribution >= 0.6 is 15.9 Å². The van der Waals surface area contributed by atoms with E-state index in [4.69, 9.17) is 10.5 Å². The van der Waals surface area contributed by atoms with E-state index >= 15 is 0 Å². The lowest BCUT2D eigenvalue weighted by molar-refractivity contribution is -0.128. The van der Waals surface area contributed by atoms with Crippen molar-refractivity contribution in [2.24, 2.45) is 11.7 Å². The van der Waals surface area contributed by atoms with E-state index in [9.17, 15) is 4.79 Å². The quantitative estimate of drug-likeness (QED) is 0.920. The third-order valence-electron chi connectivity index (χ3n) is 3.81. The second-order valence-electron chi connectivity index (χ2n) is 5.23. The Labute approximate surface area is 121 Å². The minimum Gasteiger partial charge on any atom is -0.493 e. The molecular weight excluding hydrogens is 308 g/mol. The van der Waals surface area contributed by atoms with Crippen LogP contribution < -0.4 is 10.5 Å². The normalized spacial score (nSPS) is 21.7. The van der Waals surface area contributed by atoms with Crippen LogP contribution in [0.3, 0.4) is 0 Å². The number of ether oxygens (including phenoxy) is 1. The standard InChI is InChI=1S/C14H17BrN2O2/c15-12-4-10-1-2-19-14(10)11(5-12)8-17-7-9(6-16)3-13(17)18/h4-5,9H,1-3,6-8,16H2. The highest BCUT2D eigenvalue weighted by atomic mass is 79.9. The Morgan fingerprint density at radius 3 is 3.05 bits per heavy atom. The van der Waals surface area contributed by atoms with Crippen LogP contribution in [0.1, 0.15) is 17.5 Å². The zero-order valence-electron chi connectivity index (χ0n) is 10.7. The van der Waals surface area contributed by atoms with E-state index in [1.54, 1.807) is 0 Å². The van der Waals surface area contributed by atoms with Gasteiger partial charge >= 0.3 is 0 Å². The number of carbonyl (C=O) groups is 1. The van der Waals surface area contributed by atoms with E-state index in [-0.39, 0.29) is 5.91 Å². The summed E-state index contributed by atoms with van der Waals surface area (Å²) in [6, 6.07) is 4.15. The van der Waals surface area contributed by atoms with Crippen LogP contribution in [0.25, 0.3) is 0 Å². The molecule has 1 unspecified atom stereocenters. The summed E-state index contributed by atoms with van der Waals surface area (Å²) >= 11 is 3.53. The molecule has 0 saturated carbocycles. The van der Waals surface area contributed by atoms with Crippen molar-refractivity contribution in [2.45, 2.75) is 19.4 Å². The predicted octanol–water partition coefficient (Wildman–Crippen LogP) is 1.69. The molecule has 102 valence electrons. The van der Waals surface area contributed by atoms with Gasteiger partial charge in [0.25, 0.3) is 0 Å². The summed E-state index contributed by atoms with van der Waals surface area (Å²) in [6.07, 6.45) is 1.52. The first-order valence-electron chi connectivity index (χ1n) is 6.59. The lowest BCUT2D eigenvalue weighted by Gasteiger charge is -2.18. The van der Waals surface area contributed by atoms with Gasteiger partial charge in [0, 0.05) is 36.0 Å². The molecule has 2 aliphatic heterocycles. The summed E-state index contributed by atoms with van der Waals surface area (Å²) in [7, 11) is 0. The summed E-state index contributed by atoms with van der Waals surface area (Å²) < 4.78 is 6.75. The highest BCUT2D eigenvalue weighted by Gasteiger charge is 2.30. The molecule has 19 heavy (non-hydrogen) atoms. The van der Waals surface area contributed by atoms with Gasteiger partial charge in [0.1, 0.15) is 5.75 Å². The Hall–Kier alpha value is -1.07. The number of amides is 1. The van der Waals surface area contributed by atoms with Gasteiger partial charge in [-0.1, -0.05) is 15.9 Å². The summed E-state index contributed by atoms with van der Waals surface area (Å²) in [4.78, 5) is 13.8. The molecule has 5 heteroatoms. The summed E-state index contributed by atoms with van der Waals surface area (Å²) in [5, 5.41) is 0. The molecule has 4 nitrogen and oxygen atoms in total. The van der Waals surface area contributed by atoms with Gasteiger partial charge in [-0.05, 0) is 30.2 Å². The molecular formula is C14H17BrN2O2. The lowest BCUT2D eigenvalue weighted by Crippen LogP contribution is -2.26. The second kappa shape index (κ2) is 5.13. The number of halogens is 1. The average molecular weight is 325 g/mol. The minimum atomic E-state index is 0.196. The molecule has 3 rings (SSSR count). The molecule has 2 heterocycles. The number of carbonyl (C=O) groups excluding carboxylic acids is 1. The van der Waals surface area contributed by atoms with E-state index < -0.39 is 0 Å². The summed E-state index contributed by atoms with van der Waals surface area (Å²) in [6.45, 7) is 2.70. The van der Waals surface area contributed by atoms with Gasteiger partial charge in [-0.2, -0.15) is 0 Å². The molecule has 0 radical (unpaired) electrons. The van der Waals surface area contributed by atoms with Gasteiger partial charge in [0.15, 0.2) is 0 Å². The molecule has 1 atom stereocenters. The molecule has 2 aliphatic rings. The molecule has 0 aliphatic carbocycles. The van der Waals surface area contributed by atoms with Crippen molar-refractivity contribution >= 4 is 21.8 Å². The fraction of sp³-hybridized carbons (Fsp3) is 0.500. The van der Waals surface area contributed by atoms with Crippen LogP contribution in [0.5, 0.6) is 5.75 Å². The Morgan fingerprint density at radius 2 is 2.32 bits per heavy atom. The first kappa shape index (κ1) is 12.9. The number of hydrogen-bond donors (Lipinski definition) is 1. The SMILES string of the molecule is NCC1CC(=O)N(Cc2cc(Br)cc3c2OCC3)C1. The molecule has 1 amide bonds. The molecule has 1 saturated heterocycles. The van der Waals surface area contributed by atoms with Gasteiger partial charge in [0.2, 0.25) is 5.91 Å². The molecule has 0 aromatic heterocycles. The average Bonchev–Trinajstić information content (AvgIpc) is 2.96. The third-order valence-corrected chi connectivity index (χ3v) is 4.27. The van der Waals surface area contributed by atoms with Crippen molar-refractivity contribution in [1.82, 2.24) is 4.90 Å². The number of likely N-dealkylation sites (tertiary alicyclic amines) is 1. The van der Waals surface area contributed by atoms with E-state index in [0.717, 1.165) is 35.4 Å². The summed E-state index contributed by atoms with van der Waals surface area (Å²) in [5.41, 5.74) is 7.97. The number of nitrogens with zero attached hydrogens (tertiary/aromatic N) is 1. The maximum Gasteiger partial charge on any atom is 0.223 e. The number of fused-ring (bicyclic) bond motifs is 1. The fourth-order valence-corrected chi connectivity index (χ4v) is 3.39. The third kappa shape index (κ3) is 2.49. The van der Waals surface area contributed by atoms with Gasteiger partial charge < -0.3 is 15.4 Å². The molecule has 2 N–H and O–H groups in total. The van der Waals surface area contributed by atoms with E-state index in [0.29, 0.717) is 25.4 Å². The summed E-state index contributed by atoms with van der Waals surface area (Å²) in [5.74, 6) is 1.46. The van der Waals surface area contributed by atoms with Crippen LogP contribution in [0, 0.1) is 5.92 Å². The zero-order chi connectivity index (χ0) is 13.4. The number of benzene rings is 1. The van der Waals surface area contributed by atoms with Crippen LogP contribution in [0.2, 0.25) is 0 Å². The van der Waals surface area contributed by atoms with E-state index in [1.165, 1.54) is 5.56 Å². The Kier molecular flexibility index (Phi) is 3.50. The maximum absolute atomic E-state index is 12.0. The number of nitrogens with two attached hydrogens (primary N) is 1. The van der Waals surface area contributed by atoms with Crippen molar-refractivity contribution in [3.8, 4) is 5.75 Å². The molecule has 1 aromatic rings. The van der Waals surface area contributed by atoms with Crippen molar-refractivity contribution in [3.63, 3.8) is 0 Å². The Morgan fingerprint density at radius 1 is 1.47 bits per heavy atom. The predicted molar refractivity (Wildman–Crippen MR) is 75.9 cm³/mol.